The van der Waals surface area contributed by atoms with Gasteiger partial charge in [0.05, 0.1) is 19.8 Å². The summed E-state index contributed by atoms with van der Waals surface area (Å²) in [6, 6.07) is 8.14. The molecule has 134 valence electrons. The molecule has 0 radical (unpaired) electrons. The fourth-order valence-corrected chi connectivity index (χ4v) is 2.51. The lowest BCUT2D eigenvalue weighted by atomic mass is 10.1. The van der Waals surface area contributed by atoms with Crippen LogP contribution in [-0.2, 0) is 15.9 Å². The maximum atomic E-state index is 5.74. The molecule has 1 saturated heterocycles. The predicted molar refractivity (Wildman–Crippen MR) is 95.9 cm³/mol. The number of rotatable bonds is 9. The van der Waals surface area contributed by atoms with Crippen molar-refractivity contribution >= 4 is 5.96 Å². The molecule has 1 aliphatic heterocycles. The van der Waals surface area contributed by atoms with Gasteiger partial charge >= 0.3 is 0 Å². The Balaban J connectivity index is 1.54. The highest BCUT2D eigenvalue weighted by Gasteiger charge is 2.15. The second kappa shape index (κ2) is 10.9. The Hall–Kier alpha value is -1.79. The summed E-state index contributed by atoms with van der Waals surface area (Å²) in [4.78, 5) is 4.24. The van der Waals surface area contributed by atoms with Gasteiger partial charge in [0.15, 0.2) is 5.96 Å². The third kappa shape index (κ3) is 6.76. The molecule has 0 bridgehead atoms. The van der Waals surface area contributed by atoms with Crippen molar-refractivity contribution in [2.75, 3.05) is 47.1 Å². The van der Waals surface area contributed by atoms with E-state index in [1.807, 2.05) is 12.1 Å². The number of hydrogen-bond acceptors (Lipinski definition) is 4. The summed E-state index contributed by atoms with van der Waals surface area (Å²) in [6.45, 7) is 4.00. The van der Waals surface area contributed by atoms with E-state index in [1.165, 1.54) is 5.56 Å². The van der Waals surface area contributed by atoms with E-state index in [2.05, 4.69) is 27.8 Å². The van der Waals surface area contributed by atoms with Crippen LogP contribution < -0.4 is 15.4 Å². The van der Waals surface area contributed by atoms with Crippen LogP contribution >= 0.6 is 0 Å². The molecule has 0 aliphatic carbocycles. The lowest BCUT2D eigenvalue weighted by molar-refractivity contribution is 0.0420. The van der Waals surface area contributed by atoms with Crippen molar-refractivity contribution in [1.29, 1.82) is 0 Å². The molecule has 1 aliphatic rings. The van der Waals surface area contributed by atoms with Crippen LogP contribution in [0.3, 0.4) is 0 Å². The summed E-state index contributed by atoms with van der Waals surface area (Å²) in [7, 11) is 3.47. The van der Waals surface area contributed by atoms with E-state index in [1.54, 1.807) is 14.2 Å². The van der Waals surface area contributed by atoms with Crippen molar-refractivity contribution in [1.82, 2.24) is 10.6 Å². The van der Waals surface area contributed by atoms with Gasteiger partial charge in [0.1, 0.15) is 5.75 Å². The maximum absolute atomic E-state index is 5.74. The maximum Gasteiger partial charge on any atom is 0.190 e. The first-order valence-electron chi connectivity index (χ1n) is 8.58. The van der Waals surface area contributed by atoms with Gasteiger partial charge in [-0.1, -0.05) is 12.1 Å². The van der Waals surface area contributed by atoms with Gasteiger partial charge in [0, 0.05) is 33.4 Å². The van der Waals surface area contributed by atoms with Gasteiger partial charge in [0.2, 0.25) is 0 Å². The summed E-state index contributed by atoms with van der Waals surface area (Å²) >= 11 is 0. The average molecular weight is 335 g/mol. The molecule has 0 saturated carbocycles. The van der Waals surface area contributed by atoms with Crippen LogP contribution in [0.4, 0.5) is 0 Å². The molecular weight excluding hydrogens is 306 g/mol. The van der Waals surface area contributed by atoms with E-state index in [0.717, 1.165) is 63.9 Å². The molecule has 1 unspecified atom stereocenters. The molecule has 1 aromatic rings. The first-order chi connectivity index (χ1) is 11.8. The second-order valence-corrected chi connectivity index (χ2v) is 5.73. The Bertz CT molecular complexity index is 485. The van der Waals surface area contributed by atoms with Crippen molar-refractivity contribution < 1.29 is 14.2 Å². The van der Waals surface area contributed by atoms with Crippen LogP contribution in [0.5, 0.6) is 5.75 Å². The average Bonchev–Trinajstić information content (AvgIpc) is 3.14. The number of guanidine groups is 1. The Kier molecular flexibility index (Phi) is 8.41. The fourth-order valence-electron chi connectivity index (χ4n) is 2.51. The molecule has 1 aromatic carbocycles. The topological polar surface area (TPSA) is 64.1 Å². The molecule has 6 nitrogen and oxygen atoms in total. The molecule has 0 aromatic heterocycles. The number of hydrogen-bond donors (Lipinski definition) is 2. The molecule has 6 heteroatoms. The third-order valence-corrected chi connectivity index (χ3v) is 3.94. The standard InChI is InChI=1S/C18H29N3O3/c1-19-18(20-10-3-12-24-17-9-13-23-14-17)21-11-8-15-4-6-16(22-2)7-5-15/h4-7,17H,3,8-14H2,1-2H3,(H2,19,20,21). The highest BCUT2D eigenvalue weighted by Crippen LogP contribution is 2.11. The molecular formula is C18H29N3O3. The van der Waals surface area contributed by atoms with Gasteiger partial charge in [0.25, 0.3) is 0 Å². The van der Waals surface area contributed by atoms with E-state index in [9.17, 15) is 0 Å². The van der Waals surface area contributed by atoms with Crippen LogP contribution in [0.2, 0.25) is 0 Å². The lowest BCUT2D eigenvalue weighted by Gasteiger charge is -2.13. The van der Waals surface area contributed by atoms with E-state index in [-0.39, 0.29) is 6.10 Å². The van der Waals surface area contributed by atoms with Crippen molar-refractivity contribution in [2.45, 2.75) is 25.4 Å². The summed E-state index contributed by atoms with van der Waals surface area (Å²) in [5, 5.41) is 6.63. The normalized spacial score (nSPS) is 17.8. The Morgan fingerprint density at radius 2 is 2.04 bits per heavy atom. The Morgan fingerprint density at radius 1 is 1.25 bits per heavy atom. The largest absolute Gasteiger partial charge is 0.497 e. The summed E-state index contributed by atoms with van der Waals surface area (Å²) in [6.07, 6.45) is 3.19. The summed E-state index contributed by atoms with van der Waals surface area (Å²) in [5.74, 6) is 1.71. The first kappa shape index (κ1) is 18.5. The van der Waals surface area contributed by atoms with Gasteiger partial charge in [-0.3, -0.25) is 4.99 Å². The highest BCUT2D eigenvalue weighted by atomic mass is 16.5. The molecule has 0 amide bonds. The van der Waals surface area contributed by atoms with Crippen molar-refractivity contribution in [3.05, 3.63) is 29.8 Å². The number of nitrogens with zero attached hydrogens (tertiary/aromatic N) is 1. The zero-order valence-electron chi connectivity index (χ0n) is 14.7. The first-order valence-corrected chi connectivity index (χ1v) is 8.58. The van der Waals surface area contributed by atoms with Crippen molar-refractivity contribution in [3.8, 4) is 5.75 Å². The molecule has 0 spiro atoms. The summed E-state index contributed by atoms with van der Waals surface area (Å²) in [5.41, 5.74) is 1.27. The second-order valence-electron chi connectivity index (χ2n) is 5.73. The number of methoxy groups -OCH3 is 1. The summed E-state index contributed by atoms with van der Waals surface area (Å²) < 4.78 is 16.2. The van der Waals surface area contributed by atoms with E-state index < -0.39 is 0 Å². The van der Waals surface area contributed by atoms with Crippen LogP contribution in [0, 0.1) is 0 Å². The van der Waals surface area contributed by atoms with E-state index >= 15 is 0 Å². The minimum Gasteiger partial charge on any atom is -0.497 e. The molecule has 2 rings (SSSR count). The van der Waals surface area contributed by atoms with Crippen LogP contribution in [0.15, 0.2) is 29.3 Å². The van der Waals surface area contributed by atoms with Gasteiger partial charge in [-0.05, 0) is 37.0 Å². The Morgan fingerprint density at radius 3 is 2.71 bits per heavy atom. The minimum absolute atomic E-state index is 0.284. The third-order valence-electron chi connectivity index (χ3n) is 3.94. The minimum atomic E-state index is 0.284. The molecule has 1 fully saturated rings. The Labute approximate surface area is 144 Å². The fraction of sp³-hybridized carbons (Fsp3) is 0.611. The van der Waals surface area contributed by atoms with Crippen LogP contribution in [0.1, 0.15) is 18.4 Å². The van der Waals surface area contributed by atoms with Crippen molar-refractivity contribution in [3.63, 3.8) is 0 Å². The lowest BCUT2D eigenvalue weighted by Crippen LogP contribution is -2.39. The zero-order valence-corrected chi connectivity index (χ0v) is 14.7. The number of aliphatic imine (C=N–C) groups is 1. The van der Waals surface area contributed by atoms with Gasteiger partial charge < -0.3 is 24.8 Å². The van der Waals surface area contributed by atoms with Gasteiger partial charge in [-0.25, -0.2) is 0 Å². The molecule has 2 N–H and O–H groups in total. The molecule has 24 heavy (non-hydrogen) atoms. The van der Waals surface area contributed by atoms with E-state index in [0.29, 0.717) is 0 Å². The van der Waals surface area contributed by atoms with Gasteiger partial charge in [-0.2, -0.15) is 0 Å². The number of ether oxygens (including phenoxy) is 3. The molecule has 1 atom stereocenters. The van der Waals surface area contributed by atoms with Crippen LogP contribution in [-0.4, -0.2) is 59.1 Å². The predicted octanol–water partition coefficient (Wildman–Crippen LogP) is 1.60. The number of nitrogens with one attached hydrogen (secondary N) is 2. The molecule has 1 heterocycles. The highest BCUT2D eigenvalue weighted by molar-refractivity contribution is 5.79. The number of benzene rings is 1. The van der Waals surface area contributed by atoms with Gasteiger partial charge in [-0.15, -0.1) is 0 Å². The zero-order chi connectivity index (χ0) is 17.0. The SMILES string of the molecule is CN=C(NCCCOC1CCOC1)NCCc1ccc(OC)cc1. The van der Waals surface area contributed by atoms with Crippen molar-refractivity contribution in [2.24, 2.45) is 4.99 Å². The smallest absolute Gasteiger partial charge is 0.190 e. The quantitative estimate of drug-likeness (QED) is 0.408. The van der Waals surface area contributed by atoms with E-state index in [4.69, 9.17) is 14.2 Å². The monoisotopic (exact) mass is 335 g/mol. The van der Waals surface area contributed by atoms with Crippen LogP contribution in [0.25, 0.3) is 0 Å².